The average molecular weight is 458 g/mol. The van der Waals surface area contributed by atoms with Crippen molar-refractivity contribution in [1.29, 1.82) is 0 Å². The summed E-state index contributed by atoms with van der Waals surface area (Å²) in [7, 11) is -4.11. The Morgan fingerprint density at radius 1 is 1.16 bits per heavy atom. The molecule has 0 spiro atoms. The number of rotatable bonds is 8. The number of amides is 1. The van der Waals surface area contributed by atoms with Gasteiger partial charge in [-0.2, -0.15) is 13.2 Å². The van der Waals surface area contributed by atoms with E-state index in [1.807, 2.05) is 0 Å². The topological polar surface area (TPSA) is 93.7 Å². The number of alkyl halides is 3. The smallest absolute Gasteiger partial charge is 0.416 e. The number of anilines is 1. The van der Waals surface area contributed by atoms with Gasteiger partial charge in [-0.15, -0.1) is 0 Å². The number of carbonyl (C=O) groups is 1. The van der Waals surface area contributed by atoms with Crippen molar-refractivity contribution < 1.29 is 35.9 Å². The minimum Gasteiger partial charge on any atom is -0.484 e. The van der Waals surface area contributed by atoms with Crippen LogP contribution in [0.1, 0.15) is 18.4 Å². The Labute approximate surface area is 177 Å². The Morgan fingerprint density at radius 3 is 2.55 bits per heavy atom. The second-order valence-corrected chi connectivity index (χ2v) is 8.57. The lowest BCUT2D eigenvalue weighted by molar-refractivity contribution is -0.137. The molecule has 168 valence electrons. The zero-order valence-corrected chi connectivity index (χ0v) is 17.1. The molecule has 1 aliphatic rings. The van der Waals surface area contributed by atoms with Crippen LogP contribution in [0.4, 0.5) is 18.9 Å². The lowest BCUT2D eigenvalue weighted by Crippen LogP contribution is -2.35. The summed E-state index contributed by atoms with van der Waals surface area (Å²) >= 11 is 0. The van der Waals surface area contributed by atoms with E-state index >= 15 is 0 Å². The lowest BCUT2D eigenvalue weighted by atomic mass is 10.2. The van der Waals surface area contributed by atoms with Crippen LogP contribution < -0.4 is 14.8 Å². The molecule has 1 heterocycles. The van der Waals surface area contributed by atoms with Crippen molar-refractivity contribution in [3.8, 4) is 5.75 Å². The molecule has 1 amide bonds. The predicted molar refractivity (Wildman–Crippen MR) is 106 cm³/mol. The van der Waals surface area contributed by atoms with Gasteiger partial charge < -0.3 is 14.8 Å². The zero-order chi connectivity index (χ0) is 22.5. The predicted octanol–water partition coefficient (Wildman–Crippen LogP) is 3.18. The normalized spacial score (nSPS) is 16.7. The maximum Gasteiger partial charge on any atom is 0.416 e. The van der Waals surface area contributed by atoms with Gasteiger partial charge in [0, 0.05) is 18.8 Å². The number of carbonyl (C=O) groups excluding carboxylic acids is 1. The summed E-state index contributed by atoms with van der Waals surface area (Å²) in [4.78, 5) is 11.7. The first-order valence-electron chi connectivity index (χ1n) is 9.45. The van der Waals surface area contributed by atoms with Crippen molar-refractivity contribution in [2.45, 2.75) is 30.0 Å². The standard InChI is InChI=1S/C20H21F3N2O5S/c21-20(22,23)14-3-1-4-15(11-14)25-31(27,28)18-8-6-16(7-9-18)30-13-19(26)24-12-17-5-2-10-29-17/h1,3-4,6-9,11,17,25H,2,5,10,12-13H2,(H,24,26)/t17-/m1/s1. The molecule has 0 aliphatic carbocycles. The third kappa shape index (κ3) is 6.59. The largest absolute Gasteiger partial charge is 0.484 e. The molecule has 2 N–H and O–H groups in total. The Balaban J connectivity index is 1.55. The summed E-state index contributed by atoms with van der Waals surface area (Å²) in [6.07, 6.45) is -2.71. The molecule has 0 bridgehead atoms. The van der Waals surface area contributed by atoms with Gasteiger partial charge in [0.2, 0.25) is 0 Å². The number of hydrogen-bond acceptors (Lipinski definition) is 5. The molecular weight excluding hydrogens is 437 g/mol. The number of halogens is 3. The Morgan fingerprint density at radius 2 is 1.90 bits per heavy atom. The van der Waals surface area contributed by atoms with E-state index < -0.39 is 21.8 Å². The molecule has 2 aromatic carbocycles. The lowest BCUT2D eigenvalue weighted by Gasteiger charge is -2.12. The molecular formula is C20H21F3N2O5S. The van der Waals surface area contributed by atoms with Gasteiger partial charge in [0.05, 0.1) is 16.6 Å². The van der Waals surface area contributed by atoms with E-state index in [4.69, 9.17) is 9.47 Å². The highest BCUT2D eigenvalue weighted by Gasteiger charge is 2.30. The summed E-state index contributed by atoms with van der Waals surface area (Å²) in [5, 5.41) is 2.70. The van der Waals surface area contributed by atoms with Crippen LogP contribution in [-0.4, -0.2) is 40.2 Å². The van der Waals surface area contributed by atoms with Gasteiger partial charge in [-0.05, 0) is 55.3 Å². The number of ether oxygens (including phenoxy) is 2. The van der Waals surface area contributed by atoms with E-state index in [1.54, 1.807) is 0 Å². The summed E-state index contributed by atoms with van der Waals surface area (Å²) in [6, 6.07) is 9.07. The number of hydrogen-bond donors (Lipinski definition) is 2. The van der Waals surface area contributed by atoms with Gasteiger partial charge in [0.15, 0.2) is 6.61 Å². The summed E-state index contributed by atoms with van der Waals surface area (Å²) in [6.45, 7) is 0.844. The first-order valence-corrected chi connectivity index (χ1v) is 10.9. The van der Waals surface area contributed by atoms with Crippen molar-refractivity contribution in [2.75, 3.05) is 24.5 Å². The second-order valence-electron chi connectivity index (χ2n) is 6.88. The number of nitrogens with one attached hydrogen (secondary N) is 2. The molecule has 1 fully saturated rings. The van der Waals surface area contributed by atoms with E-state index in [0.717, 1.165) is 25.0 Å². The molecule has 0 saturated carbocycles. The Kier molecular flexibility index (Phi) is 7.06. The molecule has 1 atom stereocenters. The minimum atomic E-state index is -4.59. The van der Waals surface area contributed by atoms with Gasteiger partial charge in [0.25, 0.3) is 15.9 Å². The molecule has 0 unspecified atom stereocenters. The third-order valence-electron chi connectivity index (χ3n) is 4.50. The van der Waals surface area contributed by atoms with Crippen molar-refractivity contribution in [2.24, 2.45) is 0 Å². The minimum absolute atomic E-state index is 0.0118. The highest BCUT2D eigenvalue weighted by atomic mass is 32.2. The third-order valence-corrected chi connectivity index (χ3v) is 5.89. The molecule has 0 radical (unpaired) electrons. The maximum atomic E-state index is 12.8. The first-order chi connectivity index (χ1) is 14.6. The summed E-state index contributed by atoms with van der Waals surface area (Å²) in [5.74, 6) is -0.0660. The zero-order valence-electron chi connectivity index (χ0n) is 16.3. The van der Waals surface area contributed by atoms with Crippen LogP contribution in [0.2, 0.25) is 0 Å². The SMILES string of the molecule is O=C(COc1ccc(S(=O)(=O)Nc2cccc(C(F)(F)F)c2)cc1)NC[C@H]1CCCO1. The van der Waals surface area contributed by atoms with Gasteiger partial charge >= 0.3 is 6.18 Å². The Hall–Kier alpha value is -2.79. The highest BCUT2D eigenvalue weighted by Crippen LogP contribution is 2.31. The van der Waals surface area contributed by atoms with Gasteiger partial charge in [0.1, 0.15) is 5.75 Å². The van der Waals surface area contributed by atoms with Crippen LogP contribution in [0.25, 0.3) is 0 Å². The van der Waals surface area contributed by atoms with E-state index in [0.29, 0.717) is 19.2 Å². The fourth-order valence-corrected chi connectivity index (χ4v) is 3.97. The average Bonchev–Trinajstić information content (AvgIpc) is 3.24. The van der Waals surface area contributed by atoms with E-state index in [9.17, 15) is 26.4 Å². The quantitative estimate of drug-likeness (QED) is 0.634. The van der Waals surface area contributed by atoms with Crippen molar-refractivity contribution in [3.63, 3.8) is 0 Å². The van der Waals surface area contributed by atoms with Crippen LogP contribution in [0, 0.1) is 0 Å². The molecule has 0 aromatic heterocycles. The van der Waals surface area contributed by atoms with Crippen LogP contribution in [-0.2, 0) is 25.7 Å². The highest BCUT2D eigenvalue weighted by molar-refractivity contribution is 7.92. The van der Waals surface area contributed by atoms with Gasteiger partial charge in [-0.25, -0.2) is 8.42 Å². The van der Waals surface area contributed by atoms with Gasteiger partial charge in [-0.3, -0.25) is 9.52 Å². The maximum absolute atomic E-state index is 12.8. The van der Waals surface area contributed by atoms with Crippen LogP contribution in [0.5, 0.6) is 5.75 Å². The molecule has 31 heavy (non-hydrogen) atoms. The van der Waals surface area contributed by atoms with E-state index in [-0.39, 0.29) is 35.0 Å². The second kappa shape index (κ2) is 9.56. The fraction of sp³-hybridized carbons (Fsp3) is 0.350. The molecule has 2 aromatic rings. The molecule has 7 nitrogen and oxygen atoms in total. The number of benzene rings is 2. The summed E-state index contributed by atoms with van der Waals surface area (Å²) < 4.78 is 76.1. The van der Waals surface area contributed by atoms with Crippen LogP contribution in [0.3, 0.4) is 0 Å². The monoisotopic (exact) mass is 458 g/mol. The van der Waals surface area contributed by atoms with Crippen molar-refractivity contribution >= 4 is 21.6 Å². The molecule has 1 aliphatic heterocycles. The molecule has 1 saturated heterocycles. The first kappa shape index (κ1) is 22.9. The number of sulfonamides is 1. The van der Waals surface area contributed by atoms with Gasteiger partial charge in [-0.1, -0.05) is 6.07 Å². The van der Waals surface area contributed by atoms with E-state index in [1.165, 1.54) is 30.3 Å². The Bertz CT molecular complexity index is 1000. The van der Waals surface area contributed by atoms with Crippen molar-refractivity contribution in [1.82, 2.24) is 5.32 Å². The summed E-state index contributed by atoms with van der Waals surface area (Å²) in [5.41, 5.74) is -1.17. The van der Waals surface area contributed by atoms with Crippen LogP contribution in [0.15, 0.2) is 53.4 Å². The molecule has 3 rings (SSSR count). The molecule has 11 heteroatoms. The van der Waals surface area contributed by atoms with Crippen LogP contribution >= 0.6 is 0 Å². The van der Waals surface area contributed by atoms with Crippen molar-refractivity contribution in [3.05, 3.63) is 54.1 Å². The van der Waals surface area contributed by atoms with E-state index in [2.05, 4.69) is 10.0 Å². The fourth-order valence-electron chi connectivity index (χ4n) is 2.92.